The molecule has 1 fully saturated rings. The molecule has 0 aliphatic carbocycles. The third kappa shape index (κ3) is 5.10. The SMILES string of the molecule is CCOc1cccc(N2C(=O)C(=O)/C(=C(/O)c3ccc(Br)cc3)C2c2ccc(OC(C)C)cc2)c1. The second-order valence-electron chi connectivity index (χ2n) is 8.34. The molecule has 0 spiro atoms. The van der Waals surface area contributed by atoms with Crippen LogP contribution in [-0.4, -0.2) is 29.5 Å². The highest BCUT2D eigenvalue weighted by molar-refractivity contribution is 9.10. The molecule has 3 aromatic rings. The molecule has 1 amide bonds. The Labute approximate surface area is 212 Å². The van der Waals surface area contributed by atoms with E-state index < -0.39 is 17.7 Å². The summed E-state index contributed by atoms with van der Waals surface area (Å²) in [6.07, 6.45) is 0.00481. The zero-order valence-electron chi connectivity index (χ0n) is 19.7. The summed E-state index contributed by atoms with van der Waals surface area (Å²) in [5.74, 6) is -0.442. The van der Waals surface area contributed by atoms with E-state index in [4.69, 9.17) is 9.47 Å². The zero-order chi connectivity index (χ0) is 25.1. The summed E-state index contributed by atoms with van der Waals surface area (Å²) in [5.41, 5.74) is 1.64. The first-order valence-electron chi connectivity index (χ1n) is 11.4. The Morgan fingerprint density at radius 1 is 1.00 bits per heavy atom. The molecule has 6 nitrogen and oxygen atoms in total. The normalized spacial score (nSPS) is 17.2. The van der Waals surface area contributed by atoms with Crippen molar-refractivity contribution in [2.45, 2.75) is 32.9 Å². The Morgan fingerprint density at radius 3 is 2.31 bits per heavy atom. The molecule has 0 bridgehead atoms. The summed E-state index contributed by atoms with van der Waals surface area (Å²) in [6.45, 7) is 6.21. The minimum absolute atomic E-state index is 0.00481. The molecule has 3 aromatic carbocycles. The summed E-state index contributed by atoms with van der Waals surface area (Å²) in [7, 11) is 0. The van der Waals surface area contributed by atoms with Crippen LogP contribution in [0.15, 0.2) is 82.8 Å². The topological polar surface area (TPSA) is 76.1 Å². The average Bonchev–Trinajstić information content (AvgIpc) is 3.10. The van der Waals surface area contributed by atoms with Crippen LogP contribution in [0.4, 0.5) is 5.69 Å². The number of benzene rings is 3. The molecule has 0 saturated carbocycles. The van der Waals surface area contributed by atoms with Gasteiger partial charge in [0.15, 0.2) is 0 Å². The van der Waals surface area contributed by atoms with Crippen LogP contribution in [-0.2, 0) is 9.59 Å². The van der Waals surface area contributed by atoms with Gasteiger partial charge in [0.05, 0.1) is 24.3 Å². The van der Waals surface area contributed by atoms with E-state index in [1.165, 1.54) is 4.90 Å². The van der Waals surface area contributed by atoms with E-state index in [1.54, 1.807) is 60.7 Å². The van der Waals surface area contributed by atoms with Gasteiger partial charge in [-0.15, -0.1) is 0 Å². The van der Waals surface area contributed by atoms with Crippen LogP contribution in [0.25, 0.3) is 5.76 Å². The van der Waals surface area contributed by atoms with Gasteiger partial charge < -0.3 is 14.6 Å². The van der Waals surface area contributed by atoms with E-state index in [2.05, 4.69) is 15.9 Å². The summed E-state index contributed by atoms with van der Waals surface area (Å²) in [5, 5.41) is 11.2. The number of aliphatic hydroxyl groups excluding tert-OH is 1. The van der Waals surface area contributed by atoms with Gasteiger partial charge in [-0.1, -0.05) is 46.3 Å². The van der Waals surface area contributed by atoms with Crippen LogP contribution in [0.1, 0.15) is 37.9 Å². The van der Waals surface area contributed by atoms with Crippen molar-refractivity contribution in [3.8, 4) is 11.5 Å². The number of Topliss-reactive ketones (excluding diaryl/α,β-unsaturated/α-hetero) is 1. The van der Waals surface area contributed by atoms with Crippen molar-refractivity contribution in [1.82, 2.24) is 0 Å². The van der Waals surface area contributed by atoms with E-state index >= 15 is 0 Å². The lowest BCUT2D eigenvalue weighted by Crippen LogP contribution is -2.29. The zero-order valence-corrected chi connectivity index (χ0v) is 21.3. The van der Waals surface area contributed by atoms with Gasteiger partial charge in [0.2, 0.25) is 0 Å². The highest BCUT2D eigenvalue weighted by Crippen LogP contribution is 2.43. The first kappa shape index (κ1) is 24.5. The number of halogens is 1. The molecule has 1 aliphatic rings. The number of anilines is 1. The number of carbonyl (C=O) groups excluding carboxylic acids is 2. The Kier molecular flexibility index (Phi) is 7.26. The van der Waals surface area contributed by atoms with Gasteiger partial charge in [0.1, 0.15) is 17.3 Å². The van der Waals surface area contributed by atoms with Crippen LogP contribution in [0, 0.1) is 0 Å². The number of rotatable bonds is 7. The van der Waals surface area contributed by atoms with Crippen molar-refractivity contribution in [3.63, 3.8) is 0 Å². The maximum absolute atomic E-state index is 13.3. The van der Waals surface area contributed by atoms with Crippen LogP contribution in [0.2, 0.25) is 0 Å². The summed E-state index contributed by atoms with van der Waals surface area (Å²) in [4.78, 5) is 28.0. The van der Waals surface area contributed by atoms with Gasteiger partial charge >= 0.3 is 0 Å². The van der Waals surface area contributed by atoms with E-state index in [0.717, 1.165) is 4.47 Å². The third-order valence-corrected chi connectivity index (χ3v) is 6.07. The van der Waals surface area contributed by atoms with Crippen molar-refractivity contribution in [3.05, 3.63) is 94.0 Å². The minimum atomic E-state index is -0.830. The Bertz CT molecular complexity index is 1270. The van der Waals surface area contributed by atoms with Gasteiger partial charge in [-0.05, 0) is 62.7 Å². The number of carbonyl (C=O) groups is 2. The Hall–Kier alpha value is -3.58. The number of amides is 1. The van der Waals surface area contributed by atoms with Gasteiger partial charge in [0, 0.05) is 21.8 Å². The minimum Gasteiger partial charge on any atom is -0.507 e. The summed E-state index contributed by atoms with van der Waals surface area (Å²) < 4.78 is 12.2. The molecular weight excluding hydrogens is 510 g/mol. The second-order valence-corrected chi connectivity index (χ2v) is 9.26. The fourth-order valence-corrected chi connectivity index (χ4v) is 4.33. The number of aliphatic hydroxyl groups is 1. The number of hydrogen-bond donors (Lipinski definition) is 1. The molecule has 1 atom stereocenters. The Morgan fingerprint density at radius 2 is 1.69 bits per heavy atom. The maximum atomic E-state index is 13.3. The molecule has 7 heteroatoms. The lowest BCUT2D eigenvalue weighted by molar-refractivity contribution is -0.132. The number of ketones is 1. The molecule has 1 heterocycles. The average molecular weight is 536 g/mol. The summed E-state index contributed by atoms with van der Waals surface area (Å²) >= 11 is 3.38. The molecule has 0 radical (unpaired) electrons. The fourth-order valence-electron chi connectivity index (χ4n) is 4.07. The summed E-state index contributed by atoms with van der Waals surface area (Å²) in [6, 6.07) is 20.3. The van der Waals surface area contributed by atoms with Crippen molar-refractivity contribution in [1.29, 1.82) is 0 Å². The lowest BCUT2D eigenvalue weighted by Gasteiger charge is -2.26. The van der Waals surface area contributed by atoms with E-state index in [1.807, 2.05) is 32.9 Å². The van der Waals surface area contributed by atoms with Gasteiger partial charge in [0.25, 0.3) is 11.7 Å². The predicted molar refractivity (Wildman–Crippen MR) is 139 cm³/mol. The van der Waals surface area contributed by atoms with Crippen molar-refractivity contribution >= 4 is 39.1 Å². The Balaban J connectivity index is 1.88. The second kappa shape index (κ2) is 10.4. The molecule has 180 valence electrons. The highest BCUT2D eigenvalue weighted by atomic mass is 79.9. The van der Waals surface area contributed by atoms with E-state index in [-0.39, 0.29) is 17.4 Å². The quantitative estimate of drug-likeness (QED) is 0.219. The van der Waals surface area contributed by atoms with Crippen molar-refractivity contribution in [2.75, 3.05) is 11.5 Å². The van der Waals surface area contributed by atoms with Gasteiger partial charge in [-0.3, -0.25) is 14.5 Å². The van der Waals surface area contributed by atoms with Gasteiger partial charge in [-0.25, -0.2) is 0 Å². The standard InChI is InChI=1S/C28H26BrNO5/c1-4-34-23-7-5-6-21(16-23)30-25(18-10-14-22(15-11-18)35-17(2)3)24(27(32)28(30)33)26(31)19-8-12-20(29)13-9-19/h5-17,25,31H,4H2,1-3H3/b26-24+. The first-order valence-corrected chi connectivity index (χ1v) is 12.2. The van der Waals surface area contributed by atoms with Crippen molar-refractivity contribution < 1.29 is 24.2 Å². The molecule has 0 aromatic heterocycles. The third-order valence-electron chi connectivity index (χ3n) is 5.54. The van der Waals surface area contributed by atoms with Gasteiger partial charge in [-0.2, -0.15) is 0 Å². The predicted octanol–water partition coefficient (Wildman–Crippen LogP) is 6.26. The number of nitrogens with zero attached hydrogens (tertiary/aromatic N) is 1. The van der Waals surface area contributed by atoms with Crippen molar-refractivity contribution in [2.24, 2.45) is 0 Å². The molecular formula is C28H26BrNO5. The molecule has 4 rings (SSSR count). The van der Waals surface area contributed by atoms with E-state index in [9.17, 15) is 14.7 Å². The maximum Gasteiger partial charge on any atom is 0.300 e. The molecule has 1 N–H and O–H groups in total. The van der Waals surface area contributed by atoms with Crippen LogP contribution < -0.4 is 14.4 Å². The molecule has 35 heavy (non-hydrogen) atoms. The fraction of sp³-hybridized carbons (Fsp3) is 0.214. The number of hydrogen-bond acceptors (Lipinski definition) is 5. The first-order chi connectivity index (χ1) is 16.8. The monoisotopic (exact) mass is 535 g/mol. The van der Waals surface area contributed by atoms with E-state index in [0.29, 0.717) is 34.9 Å². The van der Waals surface area contributed by atoms with Crippen LogP contribution in [0.5, 0.6) is 11.5 Å². The molecule has 1 saturated heterocycles. The smallest absolute Gasteiger partial charge is 0.300 e. The highest BCUT2D eigenvalue weighted by Gasteiger charge is 2.47. The van der Waals surface area contributed by atoms with Crippen LogP contribution >= 0.6 is 15.9 Å². The molecule has 1 unspecified atom stereocenters. The number of ether oxygens (including phenoxy) is 2. The molecule has 1 aliphatic heterocycles. The largest absolute Gasteiger partial charge is 0.507 e. The van der Waals surface area contributed by atoms with Crippen LogP contribution in [0.3, 0.4) is 0 Å². The lowest BCUT2D eigenvalue weighted by atomic mass is 9.95.